The number of rotatable bonds is 8. The van der Waals surface area contributed by atoms with E-state index in [2.05, 4.69) is 32.2 Å². The maximum atomic E-state index is 12.5. The number of benzene rings is 2. The van der Waals surface area contributed by atoms with Gasteiger partial charge in [-0.2, -0.15) is 0 Å². The zero-order valence-corrected chi connectivity index (χ0v) is 20.9. The molecule has 12 nitrogen and oxygen atoms in total. The molecule has 190 valence electrons. The highest BCUT2D eigenvalue weighted by atomic mass is 79.9. The van der Waals surface area contributed by atoms with Gasteiger partial charge in [0.15, 0.2) is 18.1 Å². The summed E-state index contributed by atoms with van der Waals surface area (Å²) in [6.45, 7) is -0.791. The van der Waals surface area contributed by atoms with Gasteiger partial charge in [-0.25, -0.2) is 0 Å². The smallest absolute Gasteiger partial charge is 0.311 e. The number of ether oxygens (including phenoxy) is 3. The van der Waals surface area contributed by atoms with Gasteiger partial charge in [0.25, 0.3) is 17.7 Å². The number of carbonyl (C=O) groups is 5. The van der Waals surface area contributed by atoms with Crippen LogP contribution < -0.4 is 25.8 Å². The van der Waals surface area contributed by atoms with Crippen molar-refractivity contribution in [2.75, 3.05) is 27.4 Å². The highest BCUT2D eigenvalue weighted by Crippen LogP contribution is 2.27. The molecule has 3 rings (SSSR count). The molecular weight excluding hydrogens is 540 g/mol. The van der Waals surface area contributed by atoms with E-state index >= 15 is 0 Å². The average molecular weight is 563 g/mol. The summed E-state index contributed by atoms with van der Waals surface area (Å²) in [5.41, 5.74) is 7.32. The Balaban J connectivity index is 1.45. The van der Waals surface area contributed by atoms with Crippen LogP contribution in [0.15, 0.2) is 46.9 Å². The first-order chi connectivity index (χ1) is 17.2. The molecule has 0 aromatic heterocycles. The van der Waals surface area contributed by atoms with E-state index in [1.54, 1.807) is 30.3 Å². The SMILES string of the molecule is COc1ccc(C(=O)NN2C[C@@H](C(=O)OCC(=O)NNC(=O)c3ccc(Br)cc3)CC2=O)cc1OC. The van der Waals surface area contributed by atoms with E-state index in [1.165, 1.54) is 26.4 Å². The number of hydrazine groups is 2. The monoisotopic (exact) mass is 562 g/mol. The van der Waals surface area contributed by atoms with E-state index in [4.69, 9.17) is 14.2 Å². The number of halogens is 1. The fraction of sp³-hybridized carbons (Fsp3) is 0.261. The Morgan fingerprint density at radius 1 is 0.944 bits per heavy atom. The lowest BCUT2D eigenvalue weighted by Gasteiger charge is -2.18. The molecule has 2 aromatic carbocycles. The Morgan fingerprint density at radius 2 is 1.61 bits per heavy atom. The van der Waals surface area contributed by atoms with Gasteiger partial charge in [0.2, 0.25) is 5.91 Å². The number of esters is 1. The maximum Gasteiger partial charge on any atom is 0.311 e. The third-order valence-electron chi connectivity index (χ3n) is 5.11. The van der Waals surface area contributed by atoms with Crippen molar-refractivity contribution >= 4 is 45.5 Å². The van der Waals surface area contributed by atoms with Crippen LogP contribution in [0.4, 0.5) is 0 Å². The van der Waals surface area contributed by atoms with Crippen molar-refractivity contribution in [1.29, 1.82) is 0 Å². The van der Waals surface area contributed by atoms with Crippen molar-refractivity contribution in [3.8, 4) is 11.5 Å². The third kappa shape index (κ3) is 6.72. The van der Waals surface area contributed by atoms with Crippen molar-refractivity contribution < 1.29 is 38.2 Å². The van der Waals surface area contributed by atoms with Crippen LogP contribution in [0.5, 0.6) is 11.5 Å². The minimum atomic E-state index is -0.881. The Bertz CT molecular complexity index is 1170. The van der Waals surface area contributed by atoms with Crippen molar-refractivity contribution in [3.05, 3.63) is 58.1 Å². The van der Waals surface area contributed by atoms with E-state index < -0.39 is 42.1 Å². The van der Waals surface area contributed by atoms with Crippen LogP contribution in [0.2, 0.25) is 0 Å². The molecule has 0 radical (unpaired) electrons. The number of hydrogen-bond acceptors (Lipinski definition) is 8. The average Bonchev–Trinajstić information content (AvgIpc) is 3.25. The van der Waals surface area contributed by atoms with Crippen molar-refractivity contribution in [1.82, 2.24) is 21.3 Å². The van der Waals surface area contributed by atoms with Crippen molar-refractivity contribution in [3.63, 3.8) is 0 Å². The highest BCUT2D eigenvalue weighted by Gasteiger charge is 2.36. The maximum absolute atomic E-state index is 12.5. The minimum Gasteiger partial charge on any atom is -0.493 e. The Morgan fingerprint density at radius 3 is 2.28 bits per heavy atom. The van der Waals surface area contributed by atoms with Gasteiger partial charge in [-0.3, -0.25) is 45.3 Å². The van der Waals surface area contributed by atoms with Gasteiger partial charge in [0, 0.05) is 22.0 Å². The standard InChI is InChI=1S/C23H23BrN4O8/c1-34-17-8-5-14(9-18(17)35-2)22(32)27-28-11-15(10-20(28)30)23(33)36-12-19(29)25-26-21(31)13-3-6-16(24)7-4-13/h3-9,15H,10-12H2,1-2H3,(H,25,29)(H,26,31)(H,27,32)/t15-/m0/s1. The predicted octanol–water partition coefficient (Wildman–Crippen LogP) is 0.964. The topological polar surface area (TPSA) is 152 Å². The summed E-state index contributed by atoms with van der Waals surface area (Å²) in [7, 11) is 2.89. The summed E-state index contributed by atoms with van der Waals surface area (Å²) in [6, 6.07) is 10.9. The lowest BCUT2D eigenvalue weighted by Crippen LogP contribution is -2.44. The molecule has 2 aromatic rings. The number of carbonyl (C=O) groups excluding carboxylic acids is 5. The van der Waals surface area contributed by atoms with Gasteiger partial charge in [0.05, 0.1) is 26.7 Å². The molecule has 4 amide bonds. The quantitative estimate of drug-likeness (QED) is 0.318. The molecule has 0 aliphatic carbocycles. The highest BCUT2D eigenvalue weighted by molar-refractivity contribution is 9.10. The van der Waals surface area contributed by atoms with Gasteiger partial charge >= 0.3 is 5.97 Å². The van der Waals surface area contributed by atoms with Crippen LogP contribution in [-0.4, -0.2) is 62.0 Å². The molecule has 1 aliphatic rings. The van der Waals surface area contributed by atoms with E-state index in [-0.39, 0.29) is 18.5 Å². The second kappa shape index (κ2) is 12.0. The zero-order valence-electron chi connectivity index (χ0n) is 19.3. The summed E-state index contributed by atoms with van der Waals surface area (Å²) >= 11 is 3.26. The van der Waals surface area contributed by atoms with Gasteiger partial charge < -0.3 is 14.2 Å². The Labute approximate surface area is 214 Å². The van der Waals surface area contributed by atoms with Gasteiger partial charge in [-0.1, -0.05) is 15.9 Å². The van der Waals surface area contributed by atoms with E-state index in [1.807, 2.05) is 0 Å². The Hall–Kier alpha value is -4.13. The van der Waals surface area contributed by atoms with Crippen LogP contribution >= 0.6 is 15.9 Å². The molecule has 1 aliphatic heterocycles. The molecule has 0 saturated carbocycles. The largest absolute Gasteiger partial charge is 0.493 e. The van der Waals surface area contributed by atoms with Gasteiger partial charge in [-0.15, -0.1) is 0 Å². The lowest BCUT2D eigenvalue weighted by atomic mass is 10.1. The first-order valence-corrected chi connectivity index (χ1v) is 11.4. The summed E-state index contributed by atoms with van der Waals surface area (Å²) in [6.07, 6.45) is -0.201. The fourth-order valence-corrected chi connectivity index (χ4v) is 3.49. The fourth-order valence-electron chi connectivity index (χ4n) is 3.23. The second-order valence-corrected chi connectivity index (χ2v) is 8.45. The predicted molar refractivity (Wildman–Crippen MR) is 128 cm³/mol. The molecule has 1 fully saturated rings. The van der Waals surface area contributed by atoms with Crippen LogP contribution in [-0.2, 0) is 19.1 Å². The Kier molecular flexibility index (Phi) is 8.84. The first-order valence-electron chi connectivity index (χ1n) is 10.6. The lowest BCUT2D eigenvalue weighted by molar-refractivity contribution is -0.152. The van der Waals surface area contributed by atoms with Crippen molar-refractivity contribution in [2.45, 2.75) is 6.42 Å². The number of hydrogen-bond donors (Lipinski definition) is 3. The molecule has 0 bridgehead atoms. The normalized spacial score (nSPS) is 14.6. The van der Waals surface area contributed by atoms with Crippen LogP contribution in [0.1, 0.15) is 27.1 Å². The van der Waals surface area contributed by atoms with Crippen LogP contribution in [0.3, 0.4) is 0 Å². The van der Waals surface area contributed by atoms with E-state index in [0.29, 0.717) is 17.1 Å². The van der Waals surface area contributed by atoms with Gasteiger partial charge in [-0.05, 0) is 42.5 Å². The molecule has 0 unspecified atom stereocenters. The number of nitrogens with one attached hydrogen (secondary N) is 3. The number of amides is 4. The summed E-state index contributed by atoms with van der Waals surface area (Å²) in [5, 5.41) is 1.02. The van der Waals surface area contributed by atoms with Gasteiger partial charge in [0.1, 0.15) is 0 Å². The molecular formula is C23H23BrN4O8. The summed E-state index contributed by atoms with van der Waals surface area (Å²) in [5.74, 6) is -3.29. The third-order valence-corrected chi connectivity index (χ3v) is 5.64. The summed E-state index contributed by atoms with van der Waals surface area (Å²) < 4.78 is 16.0. The van der Waals surface area contributed by atoms with Crippen LogP contribution in [0, 0.1) is 5.92 Å². The molecule has 3 N–H and O–H groups in total. The van der Waals surface area contributed by atoms with Crippen molar-refractivity contribution in [2.24, 2.45) is 5.92 Å². The molecule has 13 heteroatoms. The molecule has 36 heavy (non-hydrogen) atoms. The number of nitrogens with zero attached hydrogens (tertiary/aromatic N) is 1. The molecule has 1 atom stereocenters. The minimum absolute atomic E-state index is 0.126. The van der Waals surface area contributed by atoms with E-state index in [0.717, 1.165) is 9.48 Å². The summed E-state index contributed by atoms with van der Waals surface area (Å²) in [4.78, 5) is 61.1. The first kappa shape index (κ1) is 26.5. The molecule has 1 saturated heterocycles. The molecule has 1 heterocycles. The zero-order chi connectivity index (χ0) is 26.2. The van der Waals surface area contributed by atoms with Crippen LogP contribution in [0.25, 0.3) is 0 Å². The second-order valence-electron chi connectivity index (χ2n) is 7.53. The number of methoxy groups -OCH3 is 2. The molecule has 0 spiro atoms. The van der Waals surface area contributed by atoms with E-state index in [9.17, 15) is 24.0 Å².